The number of carbonyl (C=O) groups excluding carboxylic acids is 1. The third-order valence-electron chi connectivity index (χ3n) is 5.78. The number of aromatic nitrogens is 5. The number of pyridine rings is 3. The van der Waals surface area contributed by atoms with Crippen molar-refractivity contribution in [2.45, 2.75) is 6.55 Å². The Bertz CT molecular complexity index is 1330. The smallest absolute Gasteiger partial charge is 0.333 e. The number of halogens is 2. The van der Waals surface area contributed by atoms with Gasteiger partial charge in [-0.15, -0.1) is 0 Å². The van der Waals surface area contributed by atoms with Crippen LogP contribution in [0.25, 0.3) is 22.0 Å². The van der Waals surface area contributed by atoms with Gasteiger partial charge in [-0.3, -0.25) is 9.78 Å². The first kappa shape index (κ1) is 21.8. The summed E-state index contributed by atoms with van der Waals surface area (Å²) < 4.78 is 26.3. The number of carbonyl (C=O) groups is 1. The molecule has 4 aromatic rings. The van der Waals surface area contributed by atoms with Crippen LogP contribution in [0.15, 0.2) is 55.2 Å². The fourth-order valence-electron chi connectivity index (χ4n) is 3.81. The lowest BCUT2D eigenvalue weighted by Gasteiger charge is -2.33. The summed E-state index contributed by atoms with van der Waals surface area (Å²) in [5.74, 6) is 0.829. The van der Waals surface area contributed by atoms with Crippen LogP contribution in [0.2, 0.25) is 0 Å². The molecule has 0 saturated carbocycles. The molecule has 4 aromatic heterocycles. The van der Waals surface area contributed by atoms with E-state index in [4.69, 9.17) is 0 Å². The molecule has 1 fully saturated rings. The molecule has 1 aliphatic rings. The summed E-state index contributed by atoms with van der Waals surface area (Å²) in [6.07, 6.45) is 7.39. The quantitative estimate of drug-likeness (QED) is 0.485. The highest BCUT2D eigenvalue weighted by Crippen LogP contribution is 2.25. The second-order valence-corrected chi connectivity index (χ2v) is 8.12. The Labute approximate surface area is 194 Å². The Kier molecular flexibility index (Phi) is 5.84. The van der Waals surface area contributed by atoms with E-state index in [1.54, 1.807) is 42.9 Å². The summed E-state index contributed by atoms with van der Waals surface area (Å²) in [4.78, 5) is 30.3. The fourth-order valence-corrected chi connectivity index (χ4v) is 3.81. The van der Waals surface area contributed by atoms with Crippen molar-refractivity contribution in [2.24, 2.45) is 0 Å². The van der Waals surface area contributed by atoms with Gasteiger partial charge in [-0.2, -0.15) is 13.9 Å². The van der Waals surface area contributed by atoms with Gasteiger partial charge in [-0.25, -0.2) is 14.6 Å². The Morgan fingerprint density at radius 1 is 1.00 bits per heavy atom. The molecule has 0 aliphatic carbocycles. The topological polar surface area (TPSA) is 92.1 Å². The van der Waals surface area contributed by atoms with Crippen LogP contribution in [0, 0.1) is 0 Å². The molecular weight excluding hydrogens is 442 g/mol. The maximum absolute atomic E-state index is 12.9. The third kappa shape index (κ3) is 4.55. The zero-order valence-corrected chi connectivity index (χ0v) is 18.4. The van der Waals surface area contributed by atoms with Crippen molar-refractivity contribution in [1.29, 1.82) is 0 Å². The Hall–Kier alpha value is -3.99. The van der Waals surface area contributed by atoms with E-state index in [1.807, 2.05) is 0 Å². The van der Waals surface area contributed by atoms with Gasteiger partial charge < -0.3 is 15.1 Å². The number of rotatable bonds is 5. The number of hydrogen-bond donors (Lipinski definition) is 1. The molecule has 0 spiro atoms. The third-order valence-corrected chi connectivity index (χ3v) is 5.78. The molecule has 0 radical (unpaired) electrons. The van der Waals surface area contributed by atoms with E-state index in [0.29, 0.717) is 38.1 Å². The fraction of sp³-hybridized carbons (Fsp3) is 0.261. The number of nitrogens with one attached hydrogen (secondary N) is 1. The molecule has 34 heavy (non-hydrogen) atoms. The minimum absolute atomic E-state index is 0.299. The van der Waals surface area contributed by atoms with Crippen LogP contribution in [0.4, 0.5) is 20.4 Å². The molecule has 0 aromatic carbocycles. The molecular formula is C23H22F2N8O. The van der Waals surface area contributed by atoms with E-state index >= 15 is 0 Å². The van der Waals surface area contributed by atoms with Gasteiger partial charge in [0.05, 0.1) is 17.9 Å². The molecule has 11 heteroatoms. The molecule has 1 amide bonds. The van der Waals surface area contributed by atoms with E-state index in [9.17, 15) is 13.6 Å². The lowest BCUT2D eigenvalue weighted by atomic mass is 10.1. The van der Waals surface area contributed by atoms with Crippen molar-refractivity contribution in [3.63, 3.8) is 0 Å². The average Bonchev–Trinajstić information content (AvgIpc) is 3.35. The minimum atomic E-state index is -2.71. The van der Waals surface area contributed by atoms with Crippen LogP contribution in [-0.4, -0.2) is 68.8 Å². The van der Waals surface area contributed by atoms with Crippen molar-refractivity contribution in [2.75, 3.05) is 43.4 Å². The second kappa shape index (κ2) is 9.10. The van der Waals surface area contributed by atoms with Gasteiger partial charge in [0.15, 0.2) is 0 Å². The first-order valence-corrected chi connectivity index (χ1v) is 10.8. The van der Waals surface area contributed by atoms with Gasteiger partial charge >= 0.3 is 6.55 Å². The van der Waals surface area contributed by atoms with E-state index < -0.39 is 6.55 Å². The highest BCUT2D eigenvalue weighted by molar-refractivity contribution is 6.04. The summed E-state index contributed by atoms with van der Waals surface area (Å²) in [6.45, 7) is 0.882. The molecule has 5 heterocycles. The van der Waals surface area contributed by atoms with Crippen molar-refractivity contribution in [3.05, 3.63) is 60.8 Å². The molecule has 0 bridgehead atoms. The lowest BCUT2D eigenvalue weighted by molar-refractivity contribution is 0.0566. The lowest BCUT2D eigenvalue weighted by Crippen LogP contribution is -2.44. The van der Waals surface area contributed by atoms with Gasteiger partial charge in [0.2, 0.25) is 0 Å². The van der Waals surface area contributed by atoms with Crippen molar-refractivity contribution >= 4 is 28.4 Å². The Morgan fingerprint density at radius 3 is 2.59 bits per heavy atom. The zero-order valence-electron chi connectivity index (χ0n) is 18.4. The SMILES string of the molecule is CN1CCN(c2cc(C(=O)Nc3cc4cc(-c5cnn(C(F)F)c5)cnc4cn3)ccn2)CC1. The number of anilines is 2. The molecule has 1 N–H and O–H groups in total. The van der Waals surface area contributed by atoms with Crippen LogP contribution >= 0.6 is 0 Å². The average molecular weight is 464 g/mol. The number of piperazine rings is 1. The molecule has 0 unspecified atom stereocenters. The van der Waals surface area contributed by atoms with Crippen LogP contribution in [0.3, 0.4) is 0 Å². The maximum Gasteiger partial charge on any atom is 0.333 e. The van der Waals surface area contributed by atoms with E-state index in [2.05, 4.69) is 42.2 Å². The van der Waals surface area contributed by atoms with Crippen molar-refractivity contribution in [1.82, 2.24) is 29.6 Å². The maximum atomic E-state index is 12.9. The summed E-state index contributed by atoms with van der Waals surface area (Å²) >= 11 is 0. The van der Waals surface area contributed by atoms with Gasteiger partial charge in [-0.05, 0) is 31.3 Å². The predicted octanol–water partition coefficient (Wildman–Crippen LogP) is 3.29. The molecule has 5 rings (SSSR count). The molecule has 1 aliphatic heterocycles. The van der Waals surface area contributed by atoms with Crippen LogP contribution in [0.1, 0.15) is 16.9 Å². The molecule has 9 nitrogen and oxygen atoms in total. The predicted molar refractivity (Wildman–Crippen MR) is 124 cm³/mol. The van der Waals surface area contributed by atoms with Crippen LogP contribution in [0.5, 0.6) is 0 Å². The van der Waals surface area contributed by atoms with Crippen molar-refractivity contribution in [3.8, 4) is 11.1 Å². The zero-order chi connectivity index (χ0) is 23.7. The van der Waals surface area contributed by atoms with Crippen molar-refractivity contribution < 1.29 is 13.6 Å². The largest absolute Gasteiger partial charge is 0.354 e. The van der Waals surface area contributed by atoms with Gasteiger partial charge in [0.1, 0.15) is 11.6 Å². The number of nitrogens with zero attached hydrogens (tertiary/aromatic N) is 7. The van der Waals surface area contributed by atoms with E-state index in [1.165, 1.54) is 12.4 Å². The first-order valence-electron chi connectivity index (χ1n) is 10.8. The van der Waals surface area contributed by atoms with E-state index in [-0.39, 0.29) is 5.91 Å². The van der Waals surface area contributed by atoms with Gasteiger partial charge in [0, 0.05) is 66.8 Å². The molecule has 1 saturated heterocycles. The van der Waals surface area contributed by atoms with Crippen LogP contribution < -0.4 is 10.2 Å². The number of fused-ring (bicyclic) bond motifs is 1. The first-order chi connectivity index (χ1) is 16.5. The highest BCUT2D eigenvalue weighted by atomic mass is 19.3. The summed E-state index contributed by atoms with van der Waals surface area (Å²) in [7, 11) is 2.08. The van der Waals surface area contributed by atoms with Crippen LogP contribution in [-0.2, 0) is 0 Å². The standard InChI is InChI=1S/C23H22F2N8O/c1-31-4-6-32(7-5-31)21-10-15(2-3-26-21)22(34)30-20-9-16-8-17(11-27-19(16)13-28-20)18-12-29-33(14-18)23(24)25/h2-3,8-14,23H,4-7H2,1H3,(H,28,30,34). The Morgan fingerprint density at radius 2 is 1.82 bits per heavy atom. The molecule has 0 atom stereocenters. The summed E-state index contributed by atoms with van der Waals surface area (Å²) in [5, 5.41) is 7.19. The van der Waals surface area contributed by atoms with E-state index in [0.717, 1.165) is 32.0 Å². The Balaban J connectivity index is 1.35. The number of amides is 1. The second-order valence-electron chi connectivity index (χ2n) is 8.12. The monoisotopic (exact) mass is 464 g/mol. The molecule has 174 valence electrons. The normalized spacial score (nSPS) is 14.6. The van der Waals surface area contributed by atoms with Gasteiger partial charge in [0.25, 0.3) is 5.91 Å². The number of hydrogen-bond acceptors (Lipinski definition) is 7. The summed E-state index contributed by atoms with van der Waals surface area (Å²) in [6, 6.07) is 6.94. The van der Waals surface area contributed by atoms with Gasteiger partial charge in [-0.1, -0.05) is 0 Å². The highest BCUT2D eigenvalue weighted by Gasteiger charge is 2.17. The minimum Gasteiger partial charge on any atom is -0.354 e. The number of likely N-dealkylation sites (N-methyl/N-ethyl adjacent to an activating group) is 1. The summed E-state index contributed by atoms with van der Waals surface area (Å²) in [5.41, 5.74) is 2.25. The number of alkyl halides is 2.